The lowest BCUT2D eigenvalue weighted by atomic mass is 10.00. The standard InChI is InChI=1S/C13H11FO2/c1-8-6-11(9(2)16-8)13-10(7-15)4-3-5-12(13)14/h3-7H,1-2H3. The average molecular weight is 218 g/mol. The highest BCUT2D eigenvalue weighted by Crippen LogP contribution is 2.30. The molecule has 3 heteroatoms. The predicted octanol–water partition coefficient (Wildman–Crippen LogP) is 3.52. The smallest absolute Gasteiger partial charge is 0.150 e. The molecule has 2 nitrogen and oxygen atoms in total. The predicted molar refractivity (Wildman–Crippen MR) is 59.0 cm³/mol. The Balaban J connectivity index is 2.72. The number of aryl methyl sites for hydroxylation is 2. The summed E-state index contributed by atoms with van der Waals surface area (Å²) in [5.41, 5.74) is 1.29. The fraction of sp³-hybridized carbons (Fsp3) is 0.154. The summed E-state index contributed by atoms with van der Waals surface area (Å²) in [7, 11) is 0. The monoisotopic (exact) mass is 218 g/mol. The first-order valence-electron chi connectivity index (χ1n) is 4.94. The van der Waals surface area contributed by atoms with Crippen LogP contribution < -0.4 is 0 Å². The van der Waals surface area contributed by atoms with Crippen LogP contribution in [0.4, 0.5) is 4.39 Å². The second-order valence-electron chi connectivity index (χ2n) is 3.65. The molecule has 82 valence electrons. The molecule has 2 aromatic rings. The van der Waals surface area contributed by atoms with Crippen molar-refractivity contribution in [3.63, 3.8) is 0 Å². The minimum atomic E-state index is -0.409. The van der Waals surface area contributed by atoms with Gasteiger partial charge in [-0.05, 0) is 26.0 Å². The number of rotatable bonds is 2. The molecule has 2 rings (SSSR count). The van der Waals surface area contributed by atoms with Crippen molar-refractivity contribution in [3.05, 3.63) is 47.2 Å². The van der Waals surface area contributed by atoms with Gasteiger partial charge in [-0.3, -0.25) is 4.79 Å². The summed E-state index contributed by atoms with van der Waals surface area (Å²) >= 11 is 0. The lowest BCUT2D eigenvalue weighted by Crippen LogP contribution is -1.91. The molecule has 0 fully saturated rings. The lowest BCUT2D eigenvalue weighted by Gasteiger charge is -2.04. The van der Waals surface area contributed by atoms with E-state index in [4.69, 9.17) is 4.42 Å². The van der Waals surface area contributed by atoms with Gasteiger partial charge in [0.25, 0.3) is 0 Å². The van der Waals surface area contributed by atoms with Crippen LogP contribution in [0.25, 0.3) is 11.1 Å². The van der Waals surface area contributed by atoms with Crippen LogP contribution in [0.2, 0.25) is 0 Å². The number of carbonyl (C=O) groups is 1. The third kappa shape index (κ3) is 1.65. The summed E-state index contributed by atoms with van der Waals surface area (Å²) in [5, 5.41) is 0. The highest BCUT2D eigenvalue weighted by molar-refractivity contribution is 5.88. The Hall–Kier alpha value is -1.90. The second-order valence-corrected chi connectivity index (χ2v) is 3.65. The van der Waals surface area contributed by atoms with E-state index < -0.39 is 5.82 Å². The number of hydrogen-bond acceptors (Lipinski definition) is 2. The van der Waals surface area contributed by atoms with E-state index in [1.807, 2.05) is 0 Å². The van der Waals surface area contributed by atoms with Gasteiger partial charge in [0, 0.05) is 16.7 Å². The average Bonchev–Trinajstić information content (AvgIpc) is 2.57. The van der Waals surface area contributed by atoms with Crippen molar-refractivity contribution < 1.29 is 13.6 Å². The van der Waals surface area contributed by atoms with Gasteiger partial charge in [0.05, 0.1) is 0 Å². The number of hydrogen-bond donors (Lipinski definition) is 0. The SMILES string of the molecule is Cc1cc(-c2c(F)cccc2C=O)c(C)o1. The largest absolute Gasteiger partial charge is 0.466 e. The Kier molecular flexibility index (Phi) is 2.60. The molecule has 0 unspecified atom stereocenters. The highest BCUT2D eigenvalue weighted by atomic mass is 19.1. The van der Waals surface area contributed by atoms with Crippen LogP contribution in [0.5, 0.6) is 0 Å². The van der Waals surface area contributed by atoms with Crippen molar-refractivity contribution in [3.8, 4) is 11.1 Å². The molecule has 0 bridgehead atoms. The van der Waals surface area contributed by atoms with Gasteiger partial charge in [0.1, 0.15) is 17.3 Å². The Morgan fingerprint density at radius 3 is 2.62 bits per heavy atom. The topological polar surface area (TPSA) is 30.2 Å². The number of halogens is 1. The van der Waals surface area contributed by atoms with E-state index in [2.05, 4.69) is 0 Å². The van der Waals surface area contributed by atoms with Crippen molar-refractivity contribution in [2.24, 2.45) is 0 Å². The zero-order valence-corrected chi connectivity index (χ0v) is 9.08. The molecule has 0 spiro atoms. The van der Waals surface area contributed by atoms with E-state index in [9.17, 15) is 9.18 Å². The van der Waals surface area contributed by atoms with Gasteiger partial charge in [0.2, 0.25) is 0 Å². The van der Waals surface area contributed by atoms with Gasteiger partial charge in [-0.1, -0.05) is 12.1 Å². The third-order valence-corrected chi connectivity index (χ3v) is 2.48. The molecular weight excluding hydrogens is 207 g/mol. The van der Waals surface area contributed by atoms with Crippen LogP contribution in [0.15, 0.2) is 28.7 Å². The van der Waals surface area contributed by atoms with E-state index in [0.717, 1.165) is 0 Å². The minimum absolute atomic E-state index is 0.312. The van der Waals surface area contributed by atoms with E-state index >= 15 is 0 Å². The zero-order valence-electron chi connectivity index (χ0n) is 9.08. The maximum absolute atomic E-state index is 13.7. The van der Waals surface area contributed by atoms with Crippen molar-refractivity contribution >= 4 is 6.29 Å². The molecule has 1 aromatic carbocycles. The molecule has 0 saturated heterocycles. The molecule has 1 heterocycles. The van der Waals surface area contributed by atoms with E-state index in [0.29, 0.717) is 34.5 Å². The number of aldehydes is 1. The molecule has 0 aliphatic carbocycles. The van der Waals surface area contributed by atoms with Crippen molar-refractivity contribution in [1.82, 2.24) is 0 Å². The van der Waals surface area contributed by atoms with Gasteiger partial charge >= 0.3 is 0 Å². The fourth-order valence-corrected chi connectivity index (χ4v) is 1.80. The summed E-state index contributed by atoms with van der Waals surface area (Å²) in [5.74, 6) is 0.909. The molecule has 0 saturated carbocycles. The van der Waals surface area contributed by atoms with Gasteiger partial charge in [0.15, 0.2) is 6.29 Å². The summed E-state index contributed by atoms with van der Waals surface area (Å²) in [6.07, 6.45) is 0.653. The second kappa shape index (κ2) is 3.93. The molecule has 0 aliphatic heterocycles. The van der Waals surface area contributed by atoms with Gasteiger partial charge in [-0.25, -0.2) is 4.39 Å². The summed E-state index contributed by atoms with van der Waals surface area (Å²) in [6, 6.07) is 6.18. The third-order valence-electron chi connectivity index (χ3n) is 2.48. The van der Waals surface area contributed by atoms with Crippen LogP contribution in [0.1, 0.15) is 21.9 Å². The molecule has 0 radical (unpaired) electrons. The van der Waals surface area contributed by atoms with Crippen molar-refractivity contribution in [2.75, 3.05) is 0 Å². The van der Waals surface area contributed by atoms with Crippen LogP contribution in [-0.2, 0) is 0 Å². The van der Waals surface area contributed by atoms with Crippen LogP contribution >= 0.6 is 0 Å². The van der Waals surface area contributed by atoms with Gasteiger partial charge in [-0.2, -0.15) is 0 Å². The highest BCUT2D eigenvalue weighted by Gasteiger charge is 2.15. The molecular formula is C13H11FO2. The maximum Gasteiger partial charge on any atom is 0.150 e. The minimum Gasteiger partial charge on any atom is -0.466 e. The van der Waals surface area contributed by atoms with Crippen molar-refractivity contribution in [2.45, 2.75) is 13.8 Å². The zero-order chi connectivity index (χ0) is 11.7. The Morgan fingerprint density at radius 2 is 2.06 bits per heavy atom. The normalized spacial score (nSPS) is 10.4. The molecule has 16 heavy (non-hydrogen) atoms. The fourth-order valence-electron chi connectivity index (χ4n) is 1.80. The van der Waals surface area contributed by atoms with E-state index in [1.54, 1.807) is 26.0 Å². The lowest BCUT2D eigenvalue weighted by molar-refractivity contribution is 0.112. The summed E-state index contributed by atoms with van der Waals surface area (Å²) in [6.45, 7) is 3.54. The van der Waals surface area contributed by atoms with Crippen LogP contribution in [-0.4, -0.2) is 6.29 Å². The summed E-state index contributed by atoms with van der Waals surface area (Å²) in [4.78, 5) is 10.9. The van der Waals surface area contributed by atoms with Gasteiger partial charge in [-0.15, -0.1) is 0 Å². The quantitative estimate of drug-likeness (QED) is 0.722. The van der Waals surface area contributed by atoms with Crippen molar-refractivity contribution in [1.29, 1.82) is 0 Å². The van der Waals surface area contributed by atoms with Crippen LogP contribution in [0, 0.1) is 19.7 Å². The molecule has 0 atom stereocenters. The Labute approximate surface area is 92.7 Å². The van der Waals surface area contributed by atoms with Crippen LogP contribution in [0.3, 0.4) is 0 Å². The molecule has 0 aliphatic rings. The summed E-state index contributed by atoms with van der Waals surface area (Å²) < 4.78 is 19.1. The molecule has 0 N–H and O–H groups in total. The Bertz CT molecular complexity index is 541. The Morgan fingerprint density at radius 1 is 1.31 bits per heavy atom. The number of benzene rings is 1. The first-order valence-corrected chi connectivity index (χ1v) is 4.94. The maximum atomic E-state index is 13.7. The van der Waals surface area contributed by atoms with E-state index in [-0.39, 0.29) is 0 Å². The molecule has 0 amide bonds. The number of furan rings is 1. The van der Waals surface area contributed by atoms with E-state index in [1.165, 1.54) is 12.1 Å². The first-order chi connectivity index (χ1) is 7.63. The van der Waals surface area contributed by atoms with Gasteiger partial charge < -0.3 is 4.42 Å². The number of carbonyl (C=O) groups excluding carboxylic acids is 1. The molecule has 1 aromatic heterocycles. The first kappa shape index (κ1) is 10.6.